The molecule has 0 spiro atoms. The summed E-state index contributed by atoms with van der Waals surface area (Å²) in [5.74, 6) is 1.12. The zero-order valence-corrected chi connectivity index (χ0v) is 12.0. The number of hydrogen-bond donors (Lipinski definition) is 1. The normalized spacial score (nSPS) is 22.8. The maximum absolute atomic E-state index is 6.44. The van der Waals surface area contributed by atoms with Gasteiger partial charge in [-0.2, -0.15) is 0 Å². The van der Waals surface area contributed by atoms with E-state index in [1.165, 1.54) is 11.1 Å². The Balaban J connectivity index is 1.79. The van der Waals surface area contributed by atoms with Gasteiger partial charge in [-0.05, 0) is 57.0 Å². The van der Waals surface area contributed by atoms with Gasteiger partial charge in [-0.3, -0.25) is 0 Å². The molecule has 3 nitrogen and oxygen atoms in total. The molecule has 0 radical (unpaired) electrons. The van der Waals surface area contributed by atoms with Gasteiger partial charge in [-0.25, -0.2) is 0 Å². The number of piperidine rings is 1. The SMILES string of the molecule is CN1CCC(C)(Oc2cccc3c2CCNC3)CC1. The van der Waals surface area contributed by atoms with Crippen molar-refractivity contribution in [1.82, 2.24) is 10.2 Å². The monoisotopic (exact) mass is 260 g/mol. The van der Waals surface area contributed by atoms with Crippen molar-refractivity contribution in [2.24, 2.45) is 0 Å². The van der Waals surface area contributed by atoms with Crippen molar-refractivity contribution in [3.05, 3.63) is 29.3 Å². The molecule has 0 aromatic heterocycles. The predicted octanol–water partition coefficient (Wildman–Crippen LogP) is 2.20. The Bertz CT molecular complexity index is 450. The summed E-state index contributed by atoms with van der Waals surface area (Å²) in [5, 5.41) is 3.42. The molecule has 1 N–H and O–H groups in total. The van der Waals surface area contributed by atoms with E-state index in [0.717, 1.165) is 51.2 Å². The fourth-order valence-corrected chi connectivity index (χ4v) is 3.05. The van der Waals surface area contributed by atoms with E-state index < -0.39 is 0 Å². The molecule has 0 bridgehead atoms. The Kier molecular flexibility index (Phi) is 3.50. The number of fused-ring (bicyclic) bond motifs is 1. The lowest BCUT2D eigenvalue weighted by Crippen LogP contribution is -2.44. The van der Waals surface area contributed by atoms with Gasteiger partial charge < -0.3 is 15.0 Å². The summed E-state index contributed by atoms with van der Waals surface area (Å²) in [6.07, 6.45) is 3.32. The van der Waals surface area contributed by atoms with Crippen molar-refractivity contribution < 1.29 is 4.74 Å². The Labute approximate surface area is 115 Å². The molecule has 1 aromatic rings. The van der Waals surface area contributed by atoms with E-state index in [0.29, 0.717) is 0 Å². The van der Waals surface area contributed by atoms with Gasteiger partial charge in [0.05, 0.1) is 0 Å². The highest BCUT2D eigenvalue weighted by Crippen LogP contribution is 2.32. The number of benzene rings is 1. The minimum atomic E-state index is 0.00646. The average molecular weight is 260 g/mol. The number of hydrogen-bond acceptors (Lipinski definition) is 3. The van der Waals surface area contributed by atoms with Gasteiger partial charge in [-0.1, -0.05) is 12.1 Å². The summed E-state index contributed by atoms with van der Waals surface area (Å²) in [5.41, 5.74) is 2.83. The van der Waals surface area contributed by atoms with Gasteiger partial charge in [0.2, 0.25) is 0 Å². The van der Waals surface area contributed by atoms with Crippen LogP contribution in [0.1, 0.15) is 30.9 Å². The molecule has 3 rings (SSSR count). The number of ether oxygens (including phenoxy) is 1. The van der Waals surface area contributed by atoms with Crippen molar-refractivity contribution in [3.8, 4) is 5.75 Å². The largest absolute Gasteiger partial charge is 0.487 e. The van der Waals surface area contributed by atoms with Gasteiger partial charge in [-0.15, -0.1) is 0 Å². The quantitative estimate of drug-likeness (QED) is 0.882. The van der Waals surface area contributed by atoms with Gasteiger partial charge in [0, 0.05) is 19.6 Å². The number of likely N-dealkylation sites (tertiary alicyclic amines) is 1. The molecule has 1 aromatic carbocycles. The first kappa shape index (κ1) is 12.9. The molecule has 0 atom stereocenters. The smallest absolute Gasteiger partial charge is 0.123 e. The van der Waals surface area contributed by atoms with E-state index in [1.807, 2.05) is 0 Å². The minimum absolute atomic E-state index is 0.00646. The molecule has 2 heterocycles. The van der Waals surface area contributed by atoms with Crippen LogP contribution < -0.4 is 10.1 Å². The molecule has 2 aliphatic rings. The molecule has 1 fully saturated rings. The van der Waals surface area contributed by atoms with Crippen LogP contribution in [0.25, 0.3) is 0 Å². The molecular formula is C16H24N2O. The van der Waals surface area contributed by atoms with Gasteiger partial charge in [0.15, 0.2) is 0 Å². The Morgan fingerprint density at radius 1 is 1.26 bits per heavy atom. The van der Waals surface area contributed by atoms with Gasteiger partial charge >= 0.3 is 0 Å². The molecule has 104 valence electrons. The van der Waals surface area contributed by atoms with Crippen LogP contribution >= 0.6 is 0 Å². The Morgan fingerprint density at radius 3 is 2.84 bits per heavy atom. The molecule has 2 aliphatic heterocycles. The zero-order chi connectivity index (χ0) is 13.3. The fourth-order valence-electron chi connectivity index (χ4n) is 3.05. The van der Waals surface area contributed by atoms with Gasteiger partial charge in [0.1, 0.15) is 11.4 Å². The summed E-state index contributed by atoms with van der Waals surface area (Å²) < 4.78 is 6.44. The van der Waals surface area contributed by atoms with Crippen LogP contribution in [0.3, 0.4) is 0 Å². The van der Waals surface area contributed by atoms with Crippen LogP contribution in [-0.4, -0.2) is 37.2 Å². The van der Waals surface area contributed by atoms with Crippen molar-refractivity contribution in [1.29, 1.82) is 0 Å². The van der Waals surface area contributed by atoms with Crippen LogP contribution in [0.4, 0.5) is 0 Å². The standard InChI is InChI=1S/C16H24N2O/c1-16(7-10-18(2)11-8-16)19-15-5-3-4-13-12-17-9-6-14(13)15/h3-5,17H,6-12H2,1-2H3. The molecule has 1 saturated heterocycles. The molecule has 3 heteroatoms. The summed E-state index contributed by atoms with van der Waals surface area (Å²) >= 11 is 0. The van der Waals surface area contributed by atoms with Crippen LogP contribution in [0.5, 0.6) is 5.75 Å². The second kappa shape index (κ2) is 5.14. The third kappa shape index (κ3) is 2.77. The van der Waals surface area contributed by atoms with Crippen molar-refractivity contribution in [3.63, 3.8) is 0 Å². The first-order chi connectivity index (χ1) is 9.16. The summed E-state index contributed by atoms with van der Waals surface area (Å²) in [7, 11) is 2.19. The second-order valence-electron chi connectivity index (χ2n) is 6.18. The first-order valence-electron chi connectivity index (χ1n) is 7.35. The predicted molar refractivity (Wildman–Crippen MR) is 77.6 cm³/mol. The fraction of sp³-hybridized carbons (Fsp3) is 0.625. The minimum Gasteiger partial charge on any atom is -0.487 e. The van der Waals surface area contributed by atoms with E-state index in [9.17, 15) is 0 Å². The molecule has 0 aliphatic carbocycles. The number of nitrogens with one attached hydrogen (secondary N) is 1. The third-order valence-electron chi connectivity index (χ3n) is 4.50. The van der Waals surface area contributed by atoms with E-state index >= 15 is 0 Å². The molecule has 0 unspecified atom stereocenters. The highest BCUT2D eigenvalue weighted by Gasteiger charge is 2.31. The third-order valence-corrected chi connectivity index (χ3v) is 4.50. The maximum atomic E-state index is 6.44. The lowest BCUT2D eigenvalue weighted by molar-refractivity contribution is 0.0231. The maximum Gasteiger partial charge on any atom is 0.123 e. The summed E-state index contributed by atoms with van der Waals surface area (Å²) in [4.78, 5) is 2.38. The van der Waals surface area contributed by atoms with Gasteiger partial charge in [0.25, 0.3) is 0 Å². The Morgan fingerprint density at radius 2 is 2.05 bits per heavy atom. The molecular weight excluding hydrogens is 236 g/mol. The molecule has 0 saturated carbocycles. The van der Waals surface area contributed by atoms with E-state index in [1.54, 1.807) is 0 Å². The van der Waals surface area contributed by atoms with E-state index in [2.05, 4.69) is 42.4 Å². The zero-order valence-electron chi connectivity index (χ0n) is 12.0. The highest BCUT2D eigenvalue weighted by molar-refractivity contribution is 5.42. The van der Waals surface area contributed by atoms with Crippen molar-refractivity contribution in [2.75, 3.05) is 26.7 Å². The Hall–Kier alpha value is -1.06. The first-order valence-corrected chi connectivity index (χ1v) is 7.35. The summed E-state index contributed by atoms with van der Waals surface area (Å²) in [6.45, 7) is 6.57. The van der Waals surface area contributed by atoms with Crippen molar-refractivity contribution in [2.45, 2.75) is 38.3 Å². The number of nitrogens with zero attached hydrogens (tertiary/aromatic N) is 1. The topological polar surface area (TPSA) is 24.5 Å². The van der Waals surface area contributed by atoms with Crippen molar-refractivity contribution >= 4 is 0 Å². The highest BCUT2D eigenvalue weighted by atomic mass is 16.5. The average Bonchev–Trinajstić information content (AvgIpc) is 2.43. The molecule has 19 heavy (non-hydrogen) atoms. The summed E-state index contributed by atoms with van der Waals surface area (Å²) in [6, 6.07) is 6.48. The molecule has 0 amide bonds. The van der Waals surface area contributed by atoms with Crippen LogP contribution in [0, 0.1) is 0 Å². The van der Waals surface area contributed by atoms with E-state index in [4.69, 9.17) is 4.74 Å². The lowest BCUT2D eigenvalue weighted by atomic mass is 9.93. The second-order valence-corrected chi connectivity index (χ2v) is 6.18. The lowest BCUT2D eigenvalue weighted by Gasteiger charge is -2.39. The number of rotatable bonds is 2. The van der Waals surface area contributed by atoms with E-state index in [-0.39, 0.29) is 5.60 Å². The van der Waals surface area contributed by atoms with Crippen LogP contribution in [0.15, 0.2) is 18.2 Å². The van der Waals surface area contributed by atoms with Crippen LogP contribution in [-0.2, 0) is 13.0 Å². The van der Waals surface area contributed by atoms with Crippen LogP contribution in [0.2, 0.25) is 0 Å².